The average Bonchev–Trinajstić information content (AvgIpc) is 3.56. The number of aryl methyl sites for hydroxylation is 2. The molecule has 182 valence electrons. The van der Waals surface area contributed by atoms with Gasteiger partial charge in [0.25, 0.3) is 0 Å². The number of thiophene rings is 1. The van der Waals surface area contributed by atoms with Crippen molar-refractivity contribution in [2.24, 2.45) is 0 Å². The zero-order valence-corrected chi connectivity index (χ0v) is 20.6. The topological polar surface area (TPSA) is 107 Å². The molecule has 4 aliphatic rings. The monoisotopic (exact) mass is 493 g/mol. The van der Waals surface area contributed by atoms with Gasteiger partial charge in [0, 0.05) is 42.0 Å². The summed E-state index contributed by atoms with van der Waals surface area (Å²) >= 11 is 1.57. The summed E-state index contributed by atoms with van der Waals surface area (Å²) in [6.07, 6.45) is 3.77. The summed E-state index contributed by atoms with van der Waals surface area (Å²) in [5.41, 5.74) is 9.46. The summed E-state index contributed by atoms with van der Waals surface area (Å²) in [7, 11) is 0. The maximum atomic E-state index is 14.2. The number of nitrogens with one attached hydrogen (secondary N) is 1. The number of aromatic nitrogens is 3. The first-order chi connectivity index (χ1) is 16.9. The van der Waals surface area contributed by atoms with Crippen LogP contribution in [0.3, 0.4) is 0 Å². The first-order valence-electron chi connectivity index (χ1n) is 12.4. The van der Waals surface area contributed by atoms with E-state index >= 15 is 0 Å². The lowest BCUT2D eigenvalue weighted by atomic mass is 9.74. The molecule has 3 N–H and O–H groups in total. The van der Waals surface area contributed by atoms with Crippen LogP contribution >= 0.6 is 11.3 Å². The van der Waals surface area contributed by atoms with Crippen LogP contribution in [0.15, 0.2) is 6.07 Å². The van der Waals surface area contributed by atoms with Crippen molar-refractivity contribution in [2.45, 2.75) is 56.2 Å². The highest BCUT2D eigenvalue weighted by Crippen LogP contribution is 2.53. The highest BCUT2D eigenvalue weighted by molar-refractivity contribution is 7.16. The van der Waals surface area contributed by atoms with Gasteiger partial charge in [-0.1, -0.05) is 0 Å². The zero-order chi connectivity index (χ0) is 23.9. The third kappa shape index (κ3) is 3.04. The lowest BCUT2D eigenvalue weighted by molar-refractivity contribution is 0.107. The minimum atomic E-state index is -0.790. The number of H-pyrrole nitrogens is 1. The molecule has 6 heterocycles. The van der Waals surface area contributed by atoms with E-state index in [4.69, 9.17) is 15.5 Å². The number of aromatic amines is 1. The Balaban J connectivity index is 1.18. The van der Waals surface area contributed by atoms with Gasteiger partial charge in [-0.05, 0) is 50.8 Å². The molecule has 1 aliphatic carbocycles. The number of hydrogen-bond donors (Lipinski definition) is 2. The number of rotatable bonds is 4. The van der Waals surface area contributed by atoms with Crippen molar-refractivity contribution in [3.05, 3.63) is 27.8 Å². The fourth-order valence-electron chi connectivity index (χ4n) is 7.03. The predicted octanol–water partition coefficient (Wildman–Crippen LogP) is 3.44. The summed E-state index contributed by atoms with van der Waals surface area (Å²) < 4.78 is 20.4. The van der Waals surface area contributed by atoms with Crippen molar-refractivity contribution in [1.82, 2.24) is 19.9 Å². The summed E-state index contributed by atoms with van der Waals surface area (Å²) in [6, 6.07) is 4.76. The smallest absolute Gasteiger partial charge is 0.320 e. The number of nitrogens with zero attached hydrogens (tertiary/aromatic N) is 5. The van der Waals surface area contributed by atoms with Crippen molar-refractivity contribution in [3.8, 4) is 12.1 Å². The predicted molar refractivity (Wildman–Crippen MR) is 133 cm³/mol. The second-order valence-electron chi connectivity index (χ2n) is 10.8. The Kier molecular flexibility index (Phi) is 4.46. The molecule has 0 radical (unpaired) electrons. The number of halogens is 1. The number of nitrogen functional groups attached to an aromatic ring is 1. The van der Waals surface area contributed by atoms with E-state index in [-0.39, 0.29) is 11.0 Å². The summed E-state index contributed by atoms with van der Waals surface area (Å²) in [6.45, 7) is 5.44. The van der Waals surface area contributed by atoms with E-state index in [2.05, 4.69) is 31.9 Å². The Morgan fingerprint density at radius 3 is 3.06 bits per heavy atom. The van der Waals surface area contributed by atoms with Gasteiger partial charge in [0.05, 0.1) is 16.5 Å². The standard InChI is InChI=1S/C25H28FN7OS/c1-14-7-16-21(29-14)30-23(34-13-25-4-2-6-33(25)10-15(26)8-25)31-22(16)32-11-24(12-32)5-3-18-19(24)17(9-27)20(28)35-18/h7,15H,2-6,8,10-13,28H2,1H3,(H,29,30,31)/t15?,25-/m0/s1. The average molecular weight is 494 g/mol. The van der Waals surface area contributed by atoms with Gasteiger partial charge in [-0.25, -0.2) is 4.39 Å². The van der Waals surface area contributed by atoms with Crippen LogP contribution in [0.1, 0.15) is 47.4 Å². The number of anilines is 2. The SMILES string of the molecule is Cc1cc2c(N3CC4(CCc5sc(N)c(C#N)c54)C3)nc(OC[C@@]34CCCN3CC(F)C4)nc2[nH]1. The second-order valence-corrected chi connectivity index (χ2v) is 11.9. The fraction of sp³-hybridized carbons (Fsp3) is 0.560. The molecule has 10 heteroatoms. The molecule has 3 aromatic heterocycles. The molecule has 35 heavy (non-hydrogen) atoms. The summed E-state index contributed by atoms with van der Waals surface area (Å²) in [5.74, 6) is 0.853. The Morgan fingerprint density at radius 2 is 2.23 bits per heavy atom. The Hall–Kier alpha value is -2.90. The largest absolute Gasteiger partial charge is 0.461 e. The number of ether oxygens (including phenoxy) is 1. The van der Waals surface area contributed by atoms with Crippen LogP contribution in [0.2, 0.25) is 0 Å². The molecular weight excluding hydrogens is 465 g/mol. The first kappa shape index (κ1) is 21.4. The van der Waals surface area contributed by atoms with Crippen LogP contribution in [0.5, 0.6) is 6.01 Å². The van der Waals surface area contributed by atoms with Gasteiger partial charge in [-0.2, -0.15) is 15.2 Å². The molecule has 7 rings (SSSR count). The van der Waals surface area contributed by atoms with Crippen LogP contribution in [-0.4, -0.2) is 64.3 Å². The molecule has 3 aliphatic heterocycles. The van der Waals surface area contributed by atoms with E-state index in [0.29, 0.717) is 36.1 Å². The van der Waals surface area contributed by atoms with E-state index in [9.17, 15) is 9.65 Å². The van der Waals surface area contributed by atoms with Crippen molar-refractivity contribution in [3.63, 3.8) is 0 Å². The van der Waals surface area contributed by atoms with E-state index in [1.807, 2.05) is 6.92 Å². The van der Waals surface area contributed by atoms with Gasteiger partial charge in [-0.3, -0.25) is 4.90 Å². The molecule has 3 fully saturated rings. The van der Waals surface area contributed by atoms with E-state index in [1.165, 1.54) is 4.88 Å². The quantitative estimate of drug-likeness (QED) is 0.573. The molecule has 8 nitrogen and oxygen atoms in total. The minimum Gasteiger partial charge on any atom is -0.461 e. The minimum absolute atomic E-state index is 0.0402. The third-order valence-corrected chi connectivity index (χ3v) is 9.66. The van der Waals surface area contributed by atoms with Crippen LogP contribution in [-0.2, 0) is 11.8 Å². The lowest BCUT2D eigenvalue weighted by Crippen LogP contribution is -2.59. The highest BCUT2D eigenvalue weighted by Gasteiger charge is 2.52. The van der Waals surface area contributed by atoms with Crippen molar-refractivity contribution < 1.29 is 9.13 Å². The van der Waals surface area contributed by atoms with E-state index in [1.54, 1.807) is 11.3 Å². The number of nitrogens with two attached hydrogens (primary N) is 1. The normalized spacial score (nSPS) is 26.8. The van der Waals surface area contributed by atoms with Gasteiger partial charge in [0.2, 0.25) is 0 Å². The fourth-order valence-corrected chi connectivity index (χ4v) is 8.17. The van der Waals surface area contributed by atoms with E-state index < -0.39 is 6.17 Å². The molecular formula is C25H28FN7OS. The molecule has 3 aromatic rings. The van der Waals surface area contributed by atoms with Crippen molar-refractivity contribution >= 4 is 33.2 Å². The van der Waals surface area contributed by atoms with Crippen molar-refractivity contribution in [2.75, 3.05) is 43.4 Å². The zero-order valence-electron chi connectivity index (χ0n) is 19.7. The summed E-state index contributed by atoms with van der Waals surface area (Å²) in [4.78, 5) is 18.6. The molecule has 1 unspecified atom stereocenters. The Morgan fingerprint density at radius 1 is 1.37 bits per heavy atom. The van der Waals surface area contributed by atoms with Gasteiger partial charge < -0.3 is 20.4 Å². The maximum Gasteiger partial charge on any atom is 0.320 e. The van der Waals surface area contributed by atoms with Gasteiger partial charge in [-0.15, -0.1) is 11.3 Å². The molecule has 3 saturated heterocycles. The highest BCUT2D eigenvalue weighted by atomic mass is 32.1. The van der Waals surface area contributed by atoms with Crippen molar-refractivity contribution in [1.29, 1.82) is 5.26 Å². The number of fused-ring (bicyclic) bond motifs is 4. The van der Waals surface area contributed by atoms with Gasteiger partial charge >= 0.3 is 6.01 Å². The third-order valence-electron chi connectivity index (χ3n) is 8.58. The number of alkyl halides is 1. The number of hydrogen-bond acceptors (Lipinski definition) is 8. The molecule has 2 atom stereocenters. The molecule has 0 aromatic carbocycles. The maximum absolute atomic E-state index is 14.2. The van der Waals surface area contributed by atoms with Gasteiger partial charge in [0.15, 0.2) is 0 Å². The second kappa shape index (κ2) is 7.31. The molecule has 0 amide bonds. The lowest BCUT2D eigenvalue weighted by Gasteiger charge is -2.49. The summed E-state index contributed by atoms with van der Waals surface area (Å²) in [5, 5.41) is 11.3. The van der Waals surface area contributed by atoms with Crippen LogP contribution in [0, 0.1) is 18.3 Å². The molecule has 0 bridgehead atoms. The first-order valence-corrected chi connectivity index (χ1v) is 13.2. The van der Waals surface area contributed by atoms with Crippen LogP contribution in [0.25, 0.3) is 11.0 Å². The Labute approximate surface area is 206 Å². The number of nitriles is 1. The van der Waals surface area contributed by atoms with Gasteiger partial charge in [0.1, 0.15) is 35.3 Å². The van der Waals surface area contributed by atoms with E-state index in [0.717, 1.165) is 73.4 Å². The molecule has 0 saturated carbocycles. The Bertz CT molecular complexity index is 1390. The molecule has 1 spiro atoms. The van der Waals surface area contributed by atoms with Crippen LogP contribution < -0.4 is 15.4 Å². The van der Waals surface area contributed by atoms with Crippen LogP contribution in [0.4, 0.5) is 15.2 Å².